The molecule has 0 aliphatic rings. The van der Waals surface area contributed by atoms with Crippen molar-refractivity contribution in [3.05, 3.63) is 58.6 Å². The van der Waals surface area contributed by atoms with Gasteiger partial charge in [0.1, 0.15) is 0 Å². The summed E-state index contributed by atoms with van der Waals surface area (Å²) in [5.74, 6) is 0.400. The van der Waals surface area contributed by atoms with E-state index in [9.17, 15) is 4.79 Å². The molecular weight excluding hydrogens is 358 g/mol. The largest absolute Gasteiger partial charge is 0.411 e. The van der Waals surface area contributed by atoms with Crippen LogP contribution in [-0.4, -0.2) is 21.9 Å². The molecular formula is C18H16ClN3O2S. The number of anilines is 1. The Bertz CT molecular complexity index is 894. The van der Waals surface area contributed by atoms with Gasteiger partial charge in [-0.15, -0.1) is 10.2 Å². The number of thioether (sulfide) groups is 1. The quantitative estimate of drug-likeness (QED) is 0.654. The zero-order valence-corrected chi connectivity index (χ0v) is 15.3. The SMILES string of the molecule is Cc1ccc(-c2nnc(SCC(=O)Nc3cccc(C)c3Cl)o2)cc1. The summed E-state index contributed by atoms with van der Waals surface area (Å²) in [5.41, 5.74) is 3.51. The second kappa shape index (κ2) is 7.72. The number of rotatable bonds is 5. The van der Waals surface area contributed by atoms with Gasteiger partial charge in [0.25, 0.3) is 5.22 Å². The van der Waals surface area contributed by atoms with Gasteiger partial charge in [-0.1, -0.05) is 53.2 Å². The van der Waals surface area contributed by atoms with E-state index in [2.05, 4.69) is 15.5 Å². The van der Waals surface area contributed by atoms with E-state index in [1.54, 1.807) is 6.07 Å². The van der Waals surface area contributed by atoms with Gasteiger partial charge in [-0.2, -0.15) is 0 Å². The van der Waals surface area contributed by atoms with Gasteiger partial charge in [-0.05, 0) is 37.6 Å². The summed E-state index contributed by atoms with van der Waals surface area (Å²) in [6, 6.07) is 13.3. The van der Waals surface area contributed by atoms with E-state index in [4.69, 9.17) is 16.0 Å². The van der Waals surface area contributed by atoms with Crippen molar-refractivity contribution in [3.63, 3.8) is 0 Å². The van der Waals surface area contributed by atoms with Gasteiger partial charge in [-0.25, -0.2) is 0 Å². The van der Waals surface area contributed by atoms with Crippen LogP contribution in [0.2, 0.25) is 5.02 Å². The Labute approximate surface area is 154 Å². The van der Waals surface area contributed by atoms with Crippen LogP contribution >= 0.6 is 23.4 Å². The minimum absolute atomic E-state index is 0.153. The van der Waals surface area contributed by atoms with Crippen LogP contribution in [0, 0.1) is 13.8 Å². The lowest BCUT2D eigenvalue weighted by Gasteiger charge is -2.07. The molecule has 3 rings (SSSR count). The molecule has 3 aromatic rings. The molecule has 1 heterocycles. The van der Waals surface area contributed by atoms with Crippen LogP contribution < -0.4 is 5.32 Å². The van der Waals surface area contributed by atoms with Crippen molar-refractivity contribution in [1.29, 1.82) is 0 Å². The first-order chi connectivity index (χ1) is 12.0. The van der Waals surface area contributed by atoms with Crippen LogP contribution in [0.5, 0.6) is 0 Å². The van der Waals surface area contributed by atoms with Crippen molar-refractivity contribution in [3.8, 4) is 11.5 Å². The van der Waals surface area contributed by atoms with Crippen molar-refractivity contribution in [2.24, 2.45) is 0 Å². The Morgan fingerprint density at radius 1 is 1.16 bits per heavy atom. The molecule has 0 aliphatic heterocycles. The van der Waals surface area contributed by atoms with E-state index in [0.29, 0.717) is 21.8 Å². The van der Waals surface area contributed by atoms with Crippen molar-refractivity contribution in [2.75, 3.05) is 11.1 Å². The zero-order chi connectivity index (χ0) is 17.8. The topological polar surface area (TPSA) is 68.0 Å². The third kappa shape index (κ3) is 4.41. The van der Waals surface area contributed by atoms with Gasteiger partial charge in [0, 0.05) is 5.56 Å². The molecule has 25 heavy (non-hydrogen) atoms. The smallest absolute Gasteiger partial charge is 0.277 e. The van der Waals surface area contributed by atoms with Crippen LogP contribution in [0.3, 0.4) is 0 Å². The molecule has 0 bridgehead atoms. The maximum atomic E-state index is 12.1. The minimum Gasteiger partial charge on any atom is -0.411 e. The van der Waals surface area contributed by atoms with Crippen LogP contribution in [0.4, 0.5) is 5.69 Å². The Morgan fingerprint density at radius 2 is 1.92 bits per heavy atom. The van der Waals surface area contributed by atoms with Crippen molar-refractivity contribution < 1.29 is 9.21 Å². The van der Waals surface area contributed by atoms with Crippen molar-refractivity contribution in [2.45, 2.75) is 19.1 Å². The van der Waals surface area contributed by atoms with E-state index in [1.807, 2.05) is 50.2 Å². The number of aromatic nitrogens is 2. The molecule has 128 valence electrons. The number of nitrogens with one attached hydrogen (secondary N) is 1. The Hall–Kier alpha value is -2.31. The summed E-state index contributed by atoms with van der Waals surface area (Å²) in [7, 11) is 0. The highest BCUT2D eigenvalue weighted by Gasteiger charge is 2.12. The average molecular weight is 374 g/mol. The van der Waals surface area contributed by atoms with Gasteiger partial charge in [-0.3, -0.25) is 4.79 Å². The number of nitrogens with zero attached hydrogens (tertiary/aromatic N) is 2. The number of aryl methyl sites for hydroxylation is 2. The standard InChI is InChI=1S/C18H16ClN3O2S/c1-11-6-8-13(9-7-11)17-21-22-18(24-17)25-10-15(23)20-14-5-3-4-12(2)16(14)19/h3-9H,10H2,1-2H3,(H,20,23). The van der Waals surface area contributed by atoms with Crippen LogP contribution in [0.1, 0.15) is 11.1 Å². The Balaban J connectivity index is 1.59. The first-order valence-electron chi connectivity index (χ1n) is 7.61. The van der Waals surface area contributed by atoms with Gasteiger partial charge in [0.05, 0.1) is 16.5 Å². The second-order valence-corrected chi connectivity index (χ2v) is 6.82. The van der Waals surface area contributed by atoms with E-state index in [1.165, 1.54) is 11.8 Å². The number of carbonyl (C=O) groups is 1. The fraction of sp³-hybridized carbons (Fsp3) is 0.167. The Morgan fingerprint density at radius 3 is 2.68 bits per heavy atom. The number of amides is 1. The number of halogens is 1. The molecule has 1 aromatic heterocycles. The first-order valence-corrected chi connectivity index (χ1v) is 8.97. The predicted octanol–water partition coefficient (Wildman–Crippen LogP) is 4.74. The maximum absolute atomic E-state index is 12.1. The van der Waals surface area contributed by atoms with E-state index < -0.39 is 0 Å². The fourth-order valence-electron chi connectivity index (χ4n) is 2.14. The number of benzene rings is 2. The lowest BCUT2D eigenvalue weighted by molar-refractivity contribution is -0.113. The van der Waals surface area contributed by atoms with Crippen molar-refractivity contribution in [1.82, 2.24) is 10.2 Å². The highest BCUT2D eigenvalue weighted by molar-refractivity contribution is 7.99. The van der Waals surface area contributed by atoms with Gasteiger partial charge in [0.2, 0.25) is 11.8 Å². The monoisotopic (exact) mass is 373 g/mol. The summed E-state index contributed by atoms with van der Waals surface area (Å²) in [6.07, 6.45) is 0. The first kappa shape index (κ1) is 17.5. The number of hydrogen-bond acceptors (Lipinski definition) is 5. The molecule has 0 spiro atoms. The van der Waals surface area contributed by atoms with E-state index >= 15 is 0 Å². The average Bonchev–Trinajstić information content (AvgIpc) is 3.07. The van der Waals surface area contributed by atoms with Crippen molar-refractivity contribution >= 4 is 35.0 Å². The highest BCUT2D eigenvalue weighted by atomic mass is 35.5. The molecule has 0 aliphatic carbocycles. The molecule has 1 amide bonds. The molecule has 2 aromatic carbocycles. The van der Waals surface area contributed by atoms with E-state index in [-0.39, 0.29) is 11.7 Å². The highest BCUT2D eigenvalue weighted by Crippen LogP contribution is 2.26. The molecule has 0 fully saturated rings. The summed E-state index contributed by atoms with van der Waals surface area (Å²) in [6.45, 7) is 3.90. The molecule has 0 atom stereocenters. The summed E-state index contributed by atoms with van der Waals surface area (Å²) in [4.78, 5) is 12.1. The normalized spacial score (nSPS) is 10.7. The summed E-state index contributed by atoms with van der Waals surface area (Å²) in [5, 5.41) is 11.7. The molecule has 5 nitrogen and oxygen atoms in total. The Kier molecular flexibility index (Phi) is 5.40. The molecule has 7 heteroatoms. The third-order valence-electron chi connectivity index (χ3n) is 3.50. The number of hydrogen-bond donors (Lipinski definition) is 1. The maximum Gasteiger partial charge on any atom is 0.277 e. The van der Waals surface area contributed by atoms with Crippen LogP contribution in [-0.2, 0) is 4.79 Å². The van der Waals surface area contributed by atoms with E-state index in [0.717, 1.165) is 16.7 Å². The van der Waals surface area contributed by atoms with Gasteiger partial charge in [0.15, 0.2) is 0 Å². The summed E-state index contributed by atoms with van der Waals surface area (Å²) >= 11 is 7.36. The molecule has 0 radical (unpaired) electrons. The fourth-order valence-corrected chi connectivity index (χ4v) is 2.87. The molecule has 0 unspecified atom stereocenters. The molecule has 0 saturated carbocycles. The van der Waals surface area contributed by atoms with Crippen LogP contribution in [0.25, 0.3) is 11.5 Å². The predicted molar refractivity (Wildman–Crippen MR) is 100 cm³/mol. The number of carbonyl (C=O) groups excluding carboxylic acids is 1. The lowest BCUT2D eigenvalue weighted by atomic mass is 10.1. The van der Waals surface area contributed by atoms with Gasteiger partial charge < -0.3 is 9.73 Å². The minimum atomic E-state index is -0.187. The zero-order valence-electron chi connectivity index (χ0n) is 13.7. The second-order valence-electron chi connectivity index (χ2n) is 5.51. The molecule has 1 N–H and O–H groups in total. The summed E-state index contributed by atoms with van der Waals surface area (Å²) < 4.78 is 5.59. The van der Waals surface area contributed by atoms with Crippen LogP contribution in [0.15, 0.2) is 52.1 Å². The third-order valence-corrected chi connectivity index (χ3v) is 4.82. The molecule has 0 saturated heterocycles. The lowest BCUT2D eigenvalue weighted by Crippen LogP contribution is -2.14. The van der Waals surface area contributed by atoms with Gasteiger partial charge >= 0.3 is 0 Å².